The van der Waals surface area contributed by atoms with Crippen molar-refractivity contribution in [2.75, 3.05) is 5.32 Å². The normalized spacial score (nSPS) is 10.7. The lowest BCUT2D eigenvalue weighted by atomic mass is 10.1. The summed E-state index contributed by atoms with van der Waals surface area (Å²) in [6.07, 6.45) is 0. The van der Waals surface area contributed by atoms with Crippen molar-refractivity contribution in [3.8, 4) is 17.0 Å². The number of carbonyl (C=O) groups is 1. The molecule has 0 saturated carbocycles. The van der Waals surface area contributed by atoms with E-state index in [2.05, 4.69) is 15.2 Å². The van der Waals surface area contributed by atoms with E-state index in [0.29, 0.717) is 5.69 Å². The van der Waals surface area contributed by atoms with Gasteiger partial charge in [-0.15, -0.1) is 0 Å². The Kier molecular flexibility index (Phi) is 4.74. The number of halogens is 2. The van der Waals surface area contributed by atoms with Gasteiger partial charge < -0.3 is 14.6 Å². The van der Waals surface area contributed by atoms with Crippen molar-refractivity contribution in [3.63, 3.8) is 0 Å². The van der Waals surface area contributed by atoms with Crippen molar-refractivity contribution in [2.45, 2.75) is 13.5 Å². The summed E-state index contributed by atoms with van der Waals surface area (Å²) in [5.74, 6) is -0.789. The fourth-order valence-corrected chi connectivity index (χ4v) is 2.20. The first-order valence-electron chi connectivity index (χ1n) is 7.42. The molecule has 7 heteroatoms. The molecule has 0 aliphatic heterocycles. The number of anilines is 1. The number of ether oxygens (including phenoxy) is 1. The molecule has 0 unspecified atom stereocenters. The van der Waals surface area contributed by atoms with Gasteiger partial charge in [0.2, 0.25) is 5.76 Å². The molecule has 0 bridgehead atoms. The first-order valence-corrected chi connectivity index (χ1v) is 7.42. The van der Waals surface area contributed by atoms with E-state index in [1.54, 1.807) is 6.07 Å². The minimum absolute atomic E-state index is 0.0394. The zero-order valence-corrected chi connectivity index (χ0v) is 13.2. The summed E-state index contributed by atoms with van der Waals surface area (Å²) in [5, 5.41) is 6.34. The van der Waals surface area contributed by atoms with Crippen molar-refractivity contribution in [3.05, 3.63) is 65.9 Å². The minimum Gasteiger partial charge on any atom is -0.433 e. The number of hydrogen-bond acceptors (Lipinski definition) is 4. The Balaban J connectivity index is 1.78. The van der Waals surface area contributed by atoms with Gasteiger partial charge in [0, 0.05) is 11.6 Å². The number of aryl methyl sites for hydroxylation is 1. The second-order valence-corrected chi connectivity index (χ2v) is 5.27. The van der Waals surface area contributed by atoms with Gasteiger partial charge in [0.15, 0.2) is 0 Å². The van der Waals surface area contributed by atoms with Crippen molar-refractivity contribution >= 4 is 11.6 Å². The first-order chi connectivity index (χ1) is 12.0. The molecule has 0 saturated heterocycles. The van der Waals surface area contributed by atoms with Gasteiger partial charge in [0.1, 0.15) is 11.4 Å². The highest BCUT2D eigenvalue weighted by atomic mass is 19.3. The largest absolute Gasteiger partial charge is 0.433 e. The molecule has 1 N–H and O–H groups in total. The predicted octanol–water partition coefficient (Wildman–Crippen LogP) is 4.50. The minimum atomic E-state index is -2.99. The molecule has 25 heavy (non-hydrogen) atoms. The van der Waals surface area contributed by atoms with Gasteiger partial charge >= 0.3 is 6.61 Å². The Labute approximate surface area is 142 Å². The van der Waals surface area contributed by atoms with Crippen LogP contribution in [-0.4, -0.2) is 17.7 Å². The van der Waals surface area contributed by atoms with Gasteiger partial charge in [-0.05, 0) is 19.1 Å². The van der Waals surface area contributed by atoms with Crippen LogP contribution in [0.4, 0.5) is 14.5 Å². The molecule has 0 aliphatic carbocycles. The van der Waals surface area contributed by atoms with Crippen molar-refractivity contribution in [1.29, 1.82) is 0 Å². The van der Waals surface area contributed by atoms with E-state index >= 15 is 0 Å². The van der Waals surface area contributed by atoms with Crippen LogP contribution >= 0.6 is 0 Å². The highest BCUT2D eigenvalue weighted by molar-refractivity contribution is 6.03. The van der Waals surface area contributed by atoms with Gasteiger partial charge in [0.05, 0.1) is 5.69 Å². The number of amides is 1. The lowest BCUT2D eigenvalue weighted by Gasteiger charge is -2.10. The molecule has 1 heterocycles. The summed E-state index contributed by atoms with van der Waals surface area (Å²) < 4.78 is 34.3. The summed E-state index contributed by atoms with van der Waals surface area (Å²) in [6.45, 7) is -1.03. The van der Waals surface area contributed by atoms with E-state index in [-0.39, 0.29) is 17.2 Å². The van der Waals surface area contributed by atoms with Crippen LogP contribution in [0.15, 0.2) is 59.1 Å². The van der Waals surface area contributed by atoms with Crippen molar-refractivity contribution in [2.24, 2.45) is 0 Å². The van der Waals surface area contributed by atoms with Gasteiger partial charge in [0.25, 0.3) is 5.91 Å². The van der Waals surface area contributed by atoms with Gasteiger partial charge in [-0.2, -0.15) is 8.78 Å². The lowest BCUT2D eigenvalue weighted by molar-refractivity contribution is -0.0493. The highest BCUT2D eigenvalue weighted by Gasteiger charge is 2.17. The van der Waals surface area contributed by atoms with Crippen LogP contribution in [0.1, 0.15) is 16.1 Å². The maximum absolute atomic E-state index is 12.4. The predicted molar refractivity (Wildman–Crippen MR) is 87.7 cm³/mol. The smallest absolute Gasteiger partial charge is 0.387 e. The van der Waals surface area contributed by atoms with Crippen LogP contribution in [0.25, 0.3) is 11.3 Å². The fourth-order valence-electron chi connectivity index (χ4n) is 2.20. The second kappa shape index (κ2) is 7.12. The van der Waals surface area contributed by atoms with Crippen molar-refractivity contribution < 1.29 is 22.8 Å². The zero-order chi connectivity index (χ0) is 17.8. The molecule has 0 fully saturated rings. The number of para-hydroxylation sites is 2. The third-order valence-corrected chi connectivity index (χ3v) is 3.43. The lowest BCUT2D eigenvalue weighted by Crippen LogP contribution is -2.13. The monoisotopic (exact) mass is 344 g/mol. The molecular formula is C18H14F2N2O3. The average Bonchev–Trinajstić information content (AvgIpc) is 3.07. The van der Waals surface area contributed by atoms with E-state index in [9.17, 15) is 13.6 Å². The Morgan fingerprint density at radius 3 is 2.60 bits per heavy atom. The van der Waals surface area contributed by atoms with Crippen molar-refractivity contribution in [1.82, 2.24) is 5.16 Å². The second-order valence-electron chi connectivity index (χ2n) is 5.27. The van der Waals surface area contributed by atoms with Crippen LogP contribution < -0.4 is 10.1 Å². The molecular weight excluding hydrogens is 330 g/mol. The third kappa shape index (κ3) is 4.00. The first kappa shape index (κ1) is 16.6. The number of alkyl halides is 2. The molecule has 2 aromatic carbocycles. The van der Waals surface area contributed by atoms with E-state index in [4.69, 9.17) is 4.52 Å². The zero-order valence-electron chi connectivity index (χ0n) is 13.2. The number of carbonyl (C=O) groups excluding carboxylic acids is 1. The molecule has 1 aromatic heterocycles. The molecule has 3 aromatic rings. The number of nitrogens with zero attached hydrogens (tertiary/aromatic N) is 1. The number of nitrogens with one attached hydrogen (secondary N) is 1. The fraction of sp³-hybridized carbons (Fsp3) is 0.111. The highest BCUT2D eigenvalue weighted by Crippen LogP contribution is 2.26. The Hall–Kier alpha value is -3.22. The Morgan fingerprint density at radius 2 is 1.88 bits per heavy atom. The molecule has 1 amide bonds. The molecule has 3 rings (SSSR count). The maximum atomic E-state index is 12.4. The molecule has 5 nitrogen and oxygen atoms in total. The van der Waals surface area contributed by atoms with Crippen LogP contribution in [0.5, 0.6) is 5.75 Å². The quantitative estimate of drug-likeness (QED) is 0.740. The van der Waals surface area contributed by atoms with Crippen LogP contribution in [0, 0.1) is 6.92 Å². The third-order valence-electron chi connectivity index (χ3n) is 3.43. The summed E-state index contributed by atoms with van der Waals surface area (Å²) in [4.78, 5) is 12.3. The Morgan fingerprint density at radius 1 is 1.16 bits per heavy atom. The van der Waals surface area contributed by atoms with Crippen LogP contribution in [-0.2, 0) is 0 Å². The number of rotatable bonds is 5. The summed E-state index contributed by atoms with van der Waals surface area (Å²) in [7, 11) is 0. The van der Waals surface area contributed by atoms with E-state index < -0.39 is 12.5 Å². The molecule has 0 atom stereocenters. The van der Waals surface area contributed by atoms with Crippen LogP contribution in [0.2, 0.25) is 0 Å². The topological polar surface area (TPSA) is 64.4 Å². The average molecular weight is 344 g/mol. The van der Waals surface area contributed by atoms with E-state index in [0.717, 1.165) is 11.1 Å². The standard InChI is InChI=1S/C18H14F2N2O3/c1-11-6-8-12(9-7-11)14-10-16(25-22-14)17(23)21-13-4-2-3-5-15(13)24-18(19)20/h2-10,18H,1H3,(H,21,23). The summed E-state index contributed by atoms with van der Waals surface area (Å²) in [6, 6.07) is 14.9. The number of aromatic nitrogens is 1. The summed E-state index contributed by atoms with van der Waals surface area (Å²) >= 11 is 0. The Bertz CT molecular complexity index is 876. The molecule has 0 aliphatic rings. The van der Waals surface area contributed by atoms with E-state index in [1.165, 1.54) is 24.3 Å². The van der Waals surface area contributed by atoms with Crippen LogP contribution in [0.3, 0.4) is 0 Å². The van der Waals surface area contributed by atoms with Gasteiger partial charge in [-0.1, -0.05) is 47.1 Å². The molecule has 0 radical (unpaired) electrons. The summed E-state index contributed by atoms with van der Waals surface area (Å²) in [5.41, 5.74) is 2.51. The number of hydrogen-bond donors (Lipinski definition) is 1. The SMILES string of the molecule is Cc1ccc(-c2cc(C(=O)Nc3ccccc3OC(F)F)on2)cc1. The van der Waals surface area contributed by atoms with Gasteiger partial charge in [-0.3, -0.25) is 4.79 Å². The number of benzene rings is 2. The maximum Gasteiger partial charge on any atom is 0.387 e. The van der Waals surface area contributed by atoms with E-state index in [1.807, 2.05) is 31.2 Å². The molecule has 0 spiro atoms. The van der Waals surface area contributed by atoms with Gasteiger partial charge in [-0.25, -0.2) is 0 Å². The molecule has 128 valence electrons.